The molecule has 166 valence electrons. The van der Waals surface area contributed by atoms with E-state index in [9.17, 15) is 22.8 Å². The lowest BCUT2D eigenvalue weighted by Crippen LogP contribution is -2.31. The Hall–Kier alpha value is -3.27. The molecular formula is C21H25N3O6S. The standard InChI is InChI=1S/C21H25N3O6S/c1-4-16(5-2)30-21(27)18-12-9-15(13-23-18)20(26)24-31(28,29)17-10-7-14(8-11-17)19(25)22-6-3/h7-13,16H,4-6H2,1-3H3,(H,22,25)(H,24,26). The average molecular weight is 448 g/mol. The maximum absolute atomic E-state index is 12.5. The number of pyridine rings is 1. The van der Waals surface area contributed by atoms with E-state index in [-0.39, 0.29) is 28.2 Å². The van der Waals surface area contributed by atoms with Crippen LogP contribution in [-0.2, 0) is 14.8 Å². The maximum Gasteiger partial charge on any atom is 0.357 e. The Bertz CT molecular complexity index is 1030. The summed E-state index contributed by atoms with van der Waals surface area (Å²) in [4.78, 5) is 39.9. The number of carbonyl (C=O) groups excluding carboxylic acids is 3. The van der Waals surface area contributed by atoms with Crippen molar-refractivity contribution in [3.8, 4) is 0 Å². The minimum atomic E-state index is -4.16. The molecule has 0 saturated heterocycles. The van der Waals surface area contributed by atoms with Gasteiger partial charge in [0.1, 0.15) is 11.8 Å². The lowest BCUT2D eigenvalue weighted by molar-refractivity contribution is 0.0277. The minimum absolute atomic E-state index is 0.0206. The molecule has 0 spiro atoms. The number of sulfonamides is 1. The van der Waals surface area contributed by atoms with Gasteiger partial charge in [-0.15, -0.1) is 0 Å². The third-order valence-corrected chi connectivity index (χ3v) is 5.76. The van der Waals surface area contributed by atoms with Gasteiger partial charge >= 0.3 is 5.97 Å². The van der Waals surface area contributed by atoms with Crippen LogP contribution in [0.15, 0.2) is 47.5 Å². The zero-order chi connectivity index (χ0) is 23.0. The first-order valence-electron chi connectivity index (χ1n) is 9.84. The van der Waals surface area contributed by atoms with Crippen LogP contribution in [0.5, 0.6) is 0 Å². The van der Waals surface area contributed by atoms with E-state index in [0.717, 1.165) is 6.20 Å². The fourth-order valence-electron chi connectivity index (χ4n) is 2.60. The van der Waals surface area contributed by atoms with Crippen molar-refractivity contribution in [3.63, 3.8) is 0 Å². The predicted octanol–water partition coefficient (Wildman–Crippen LogP) is 2.30. The molecule has 31 heavy (non-hydrogen) atoms. The molecule has 0 bridgehead atoms. The molecule has 2 aromatic rings. The Morgan fingerprint density at radius 2 is 1.55 bits per heavy atom. The fraction of sp³-hybridized carbons (Fsp3) is 0.333. The van der Waals surface area contributed by atoms with Crippen LogP contribution in [0.3, 0.4) is 0 Å². The van der Waals surface area contributed by atoms with E-state index >= 15 is 0 Å². The van der Waals surface area contributed by atoms with Crippen LogP contribution in [0.1, 0.15) is 64.8 Å². The third-order valence-electron chi connectivity index (χ3n) is 4.41. The summed E-state index contributed by atoms with van der Waals surface area (Å²) in [6.45, 7) is 6.01. The summed E-state index contributed by atoms with van der Waals surface area (Å²) in [6, 6.07) is 7.76. The van der Waals surface area contributed by atoms with Crippen molar-refractivity contribution < 1.29 is 27.5 Å². The number of ether oxygens (including phenoxy) is 1. The first-order valence-corrected chi connectivity index (χ1v) is 11.3. The van der Waals surface area contributed by atoms with E-state index in [2.05, 4.69) is 10.3 Å². The van der Waals surface area contributed by atoms with Crippen LogP contribution in [0.25, 0.3) is 0 Å². The Labute approximate surface area is 181 Å². The monoisotopic (exact) mass is 447 g/mol. The Balaban J connectivity index is 2.08. The number of amides is 2. The van der Waals surface area contributed by atoms with Crippen molar-refractivity contribution in [1.29, 1.82) is 0 Å². The summed E-state index contributed by atoms with van der Waals surface area (Å²) in [5, 5.41) is 2.61. The highest BCUT2D eigenvalue weighted by molar-refractivity contribution is 7.90. The number of hydrogen-bond acceptors (Lipinski definition) is 7. The average Bonchev–Trinajstić information content (AvgIpc) is 2.77. The van der Waals surface area contributed by atoms with Gasteiger partial charge in [0, 0.05) is 18.3 Å². The first-order chi connectivity index (χ1) is 14.7. The molecule has 0 unspecified atom stereocenters. The lowest BCUT2D eigenvalue weighted by atomic mass is 10.2. The van der Waals surface area contributed by atoms with Gasteiger partial charge in [-0.3, -0.25) is 9.59 Å². The second-order valence-corrected chi connectivity index (χ2v) is 8.28. The number of nitrogens with zero attached hydrogens (tertiary/aromatic N) is 1. The molecule has 0 fully saturated rings. The number of aromatic nitrogens is 1. The number of benzene rings is 1. The molecule has 0 radical (unpaired) electrons. The van der Waals surface area contributed by atoms with E-state index in [0.29, 0.717) is 24.9 Å². The largest absolute Gasteiger partial charge is 0.458 e. The van der Waals surface area contributed by atoms with Gasteiger partial charge in [-0.2, -0.15) is 0 Å². The topological polar surface area (TPSA) is 132 Å². The van der Waals surface area contributed by atoms with Crippen LogP contribution in [0, 0.1) is 0 Å². The highest BCUT2D eigenvalue weighted by atomic mass is 32.2. The summed E-state index contributed by atoms with van der Waals surface area (Å²) in [6.07, 6.45) is 2.23. The molecule has 0 aliphatic rings. The highest BCUT2D eigenvalue weighted by Crippen LogP contribution is 2.12. The number of nitrogens with one attached hydrogen (secondary N) is 2. The molecular weight excluding hydrogens is 422 g/mol. The van der Waals surface area contributed by atoms with Crippen molar-refractivity contribution in [3.05, 3.63) is 59.4 Å². The first kappa shape index (κ1) is 24.0. The van der Waals surface area contributed by atoms with Gasteiger partial charge in [0.2, 0.25) is 0 Å². The summed E-state index contributed by atoms with van der Waals surface area (Å²) in [7, 11) is -4.16. The number of hydrogen-bond donors (Lipinski definition) is 2. The van der Waals surface area contributed by atoms with Gasteiger partial charge in [0.25, 0.3) is 21.8 Å². The van der Waals surface area contributed by atoms with Gasteiger partial charge < -0.3 is 10.1 Å². The van der Waals surface area contributed by atoms with E-state index in [1.54, 1.807) is 6.92 Å². The highest BCUT2D eigenvalue weighted by Gasteiger charge is 2.20. The van der Waals surface area contributed by atoms with Crippen molar-refractivity contribution in [2.75, 3.05) is 6.54 Å². The van der Waals surface area contributed by atoms with Gasteiger partial charge in [0.05, 0.1) is 10.5 Å². The third kappa shape index (κ3) is 6.35. The molecule has 9 nitrogen and oxygen atoms in total. The van der Waals surface area contributed by atoms with Crippen LogP contribution in [0.4, 0.5) is 0 Å². The molecule has 2 N–H and O–H groups in total. The molecule has 0 aliphatic heterocycles. The Kier molecular flexibility index (Phi) is 8.26. The zero-order valence-corrected chi connectivity index (χ0v) is 18.4. The molecule has 2 amide bonds. The van der Waals surface area contributed by atoms with Crippen LogP contribution in [0.2, 0.25) is 0 Å². The van der Waals surface area contributed by atoms with E-state index in [4.69, 9.17) is 4.74 Å². The number of esters is 1. The van der Waals surface area contributed by atoms with Gasteiger partial charge in [-0.25, -0.2) is 22.9 Å². The molecule has 1 aromatic heterocycles. The van der Waals surface area contributed by atoms with Crippen molar-refractivity contribution in [2.45, 2.75) is 44.6 Å². The van der Waals surface area contributed by atoms with E-state index in [1.807, 2.05) is 18.6 Å². The molecule has 1 heterocycles. The smallest absolute Gasteiger partial charge is 0.357 e. The summed E-state index contributed by atoms with van der Waals surface area (Å²) < 4.78 is 32.1. The molecule has 0 saturated carbocycles. The van der Waals surface area contributed by atoms with Crippen molar-refractivity contribution >= 4 is 27.8 Å². The second kappa shape index (κ2) is 10.7. The molecule has 0 aliphatic carbocycles. The molecule has 0 atom stereocenters. The maximum atomic E-state index is 12.5. The van der Waals surface area contributed by atoms with E-state index < -0.39 is 21.9 Å². The quantitative estimate of drug-likeness (QED) is 0.564. The zero-order valence-electron chi connectivity index (χ0n) is 17.5. The SMILES string of the molecule is CCNC(=O)c1ccc(S(=O)(=O)NC(=O)c2ccc(C(=O)OC(CC)CC)nc2)cc1. The fourth-order valence-corrected chi connectivity index (χ4v) is 3.58. The second-order valence-electron chi connectivity index (χ2n) is 6.59. The Morgan fingerprint density at radius 3 is 2.06 bits per heavy atom. The summed E-state index contributed by atoms with van der Waals surface area (Å²) in [5.74, 6) is -1.84. The predicted molar refractivity (Wildman–Crippen MR) is 113 cm³/mol. The van der Waals surface area contributed by atoms with Gasteiger partial charge in [-0.05, 0) is 56.2 Å². The van der Waals surface area contributed by atoms with Crippen LogP contribution < -0.4 is 10.0 Å². The normalized spacial score (nSPS) is 11.1. The Morgan fingerprint density at radius 1 is 0.935 bits per heavy atom. The van der Waals surface area contributed by atoms with Crippen LogP contribution >= 0.6 is 0 Å². The van der Waals surface area contributed by atoms with Crippen molar-refractivity contribution in [1.82, 2.24) is 15.0 Å². The number of carbonyl (C=O) groups is 3. The molecule has 10 heteroatoms. The summed E-state index contributed by atoms with van der Waals surface area (Å²) >= 11 is 0. The van der Waals surface area contributed by atoms with Gasteiger partial charge in [0.15, 0.2) is 0 Å². The van der Waals surface area contributed by atoms with E-state index in [1.165, 1.54) is 36.4 Å². The number of rotatable bonds is 9. The lowest BCUT2D eigenvalue weighted by Gasteiger charge is -2.13. The molecule has 1 aromatic carbocycles. The van der Waals surface area contributed by atoms with Crippen molar-refractivity contribution in [2.24, 2.45) is 0 Å². The molecule has 2 rings (SSSR count). The van der Waals surface area contributed by atoms with Crippen LogP contribution in [-0.4, -0.2) is 43.8 Å². The summed E-state index contributed by atoms with van der Waals surface area (Å²) in [5.41, 5.74) is 0.279. The van der Waals surface area contributed by atoms with Gasteiger partial charge in [-0.1, -0.05) is 13.8 Å². The minimum Gasteiger partial charge on any atom is -0.458 e.